The summed E-state index contributed by atoms with van der Waals surface area (Å²) >= 11 is 0. The number of likely N-dealkylation sites (N-methyl/N-ethyl adjacent to an activating group) is 1. The lowest BCUT2D eigenvalue weighted by atomic mass is 10.0. The number of nitrogens with zero attached hydrogens (tertiary/aromatic N) is 1. The third kappa shape index (κ3) is 40.0. The van der Waals surface area contributed by atoms with Crippen molar-refractivity contribution in [1.82, 2.24) is 0 Å². The molecule has 0 aliphatic rings. The number of aliphatic carboxylic acids is 1. The van der Waals surface area contributed by atoms with Gasteiger partial charge in [0, 0.05) is 12.8 Å². The molecule has 324 valence electrons. The summed E-state index contributed by atoms with van der Waals surface area (Å²) in [5.41, 5.74) is 0. The van der Waals surface area contributed by atoms with Gasteiger partial charge in [0.05, 0.1) is 40.3 Å². The van der Waals surface area contributed by atoms with Crippen molar-refractivity contribution in [1.29, 1.82) is 0 Å². The number of carbonyl (C=O) groups is 3. The minimum atomic E-state index is -1.61. The van der Waals surface area contributed by atoms with Gasteiger partial charge in [0.2, 0.25) is 0 Å². The molecule has 0 aromatic carbocycles. The number of carboxylic acid groups (broad SMARTS) is 1. The van der Waals surface area contributed by atoms with Crippen molar-refractivity contribution < 1.29 is 42.9 Å². The first-order valence-electron chi connectivity index (χ1n) is 22.8. The smallest absolute Gasteiger partial charge is 0.306 e. The van der Waals surface area contributed by atoms with Crippen LogP contribution in [0.5, 0.6) is 0 Å². The standard InChI is InChI=1S/C46H87NO8/c1-6-8-10-12-14-15-16-17-18-19-20-21-22-23-24-25-26-27-28-29-31-33-35-37-44(49)55-42(40-53-43(48)36-34-32-30-13-11-9-7-2)41-54-46(45(50)51)52-39-38-47(3,4)5/h19-20,42,46H,6-18,21-41H2,1-5H3/b20-19-. The third-order valence-electron chi connectivity index (χ3n) is 10.0. The lowest BCUT2D eigenvalue weighted by Crippen LogP contribution is -2.44. The predicted octanol–water partition coefficient (Wildman–Crippen LogP) is 10.6. The van der Waals surface area contributed by atoms with Crippen LogP contribution in [0.2, 0.25) is 0 Å². The molecule has 55 heavy (non-hydrogen) atoms. The molecule has 0 N–H and O–H groups in total. The second-order valence-electron chi connectivity index (χ2n) is 16.7. The van der Waals surface area contributed by atoms with Crippen LogP contribution in [0.15, 0.2) is 12.2 Å². The minimum Gasteiger partial charge on any atom is -0.545 e. The highest BCUT2D eigenvalue weighted by Crippen LogP contribution is 2.15. The Hall–Kier alpha value is -1.97. The summed E-state index contributed by atoms with van der Waals surface area (Å²) in [7, 11) is 5.90. The van der Waals surface area contributed by atoms with E-state index in [0.717, 1.165) is 32.1 Å². The Morgan fingerprint density at radius 2 is 0.927 bits per heavy atom. The zero-order valence-corrected chi connectivity index (χ0v) is 36.6. The van der Waals surface area contributed by atoms with Crippen LogP contribution >= 0.6 is 0 Å². The van der Waals surface area contributed by atoms with E-state index in [0.29, 0.717) is 23.9 Å². The molecule has 9 heteroatoms. The summed E-state index contributed by atoms with van der Waals surface area (Å²) in [6.45, 7) is 4.70. The van der Waals surface area contributed by atoms with Crippen molar-refractivity contribution in [3.63, 3.8) is 0 Å². The Labute approximate surface area is 338 Å². The molecule has 0 spiro atoms. The first kappa shape index (κ1) is 53.0. The predicted molar refractivity (Wildman–Crippen MR) is 223 cm³/mol. The summed E-state index contributed by atoms with van der Waals surface area (Å²) in [5.74, 6) is -2.28. The molecule has 0 heterocycles. The largest absolute Gasteiger partial charge is 0.545 e. The maximum absolute atomic E-state index is 12.7. The van der Waals surface area contributed by atoms with Gasteiger partial charge in [-0.1, -0.05) is 167 Å². The average molecular weight is 782 g/mol. The van der Waals surface area contributed by atoms with Crippen molar-refractivity contribution in [2.24, 2.45) is 0 Å². The molecule has 0 aliphatic heterocycles. The molecular formula is C46H87NO8. The fraction of sp³-hybridized carbons (Fsp3) is 0.891. The van der Waals surface area contributed by atoms with Gasteiger partial charge in [-0.25, -0.2) is 0 Å². The van der Waals surface area contributed by atoms with Crippen molar-refractivity contribution >= 4 is 17.9 Å². The second-order valence-corrected chi connectivity index (χ2v) is 16.7. The average Bonchev–Trinajstić information content (AvgIpc) is 3.14. The number of unbranched alkanes of at least 4 members (excludes halogenated alkanes) is 25. The molecule has 0 fully saturated rings. The lowest BCUT2D eigenvalue weighted by molar-refractivity contribution is -0.870. The molecule has 0 aromatic heterocycles. The number of quaternary nitrogens is 1. The molecule has 0 aliphatic carbocycles. The van der Waals surface area contributed by atoms with Gasteiger partial charge >= 0.3 is 11.9 Å². The van der Waals surface area contributed by atoms with E-state index in [2.05, 4.69) is 26.0 Å². The number of carbonyl (C=O) groups excluding carboxylic acids is 3. The molecule has 0 saturated carbocycles. The molecule has 0 rings (SSSR count). The summed E-state index contributed by atoms with van der Waals surface area (Å²) in [5, 5.41) is 11.6. The fourth-order valence-electron chi connectivity index (χ4n) is 6.41. The SMILES string of the molecule is CCCCCCCCCC/C=C\CCCCCCCCCCCCCC(=O)OC(COC(=O)CCCCCCCCC)COC(OCC[N+](C)(C)C)C(=O)[O-]. The summed E-state index contributed by atoms with van der Waals surface area (Å²) in [4.78, 5) is 36.8. The van der Waals surface area contributed by atoms with E-state index in [9.17, 15) is 19.5 Å². The molecule has 0 aromatic rings. The van der Waals surface area contributed by atoms with Crippen LogP contribution < -0.4 is 5.11 Å². The summed E-state index contributed by atoms with van der Waals surface area (Å²) in [6.07, 6.45) is 37.0. The van der Waals surface area contributed by atoms with Gasteiger partial charge in [0.1, 0.15) is 13.2 Å². The first-order chi connectivity index (χ1) is 26.6. The van der Waals surface area contributed by atoms with E-state index in [4.69, 9.17) is 18.9 Å². The topological polar surface area (TPSA) is 111 Å². The number of ether oxygens (including phenoxy) is 4. The van der Waals surface area contributed by atoms with E-state index >= 15 is 0 Å². The molecule has 9 nitrogen and oxygen atoms in total. The third-order valence-corrected chi connectivity index (χ3v) is 10.0. The zero-order valence-electron chi connectivity index (χ0n) is 36.6. The molecule has 2 unspecified atom stereocenters. The maximum atomic E-state index is 12.7. The first-order valence-corrected chi connectivity index (χ1v) is 22.8. The highest BCUT2D eigenvalue weighted by Gasteiger charge is 2.21. The minimum absolute atomic E-state index is 0.150. The lowest BCUT2D eigenvalue weighted by Gasteiger charge is -2.26. The Kier molecular flexibility index (Phi) is 37.5. The molecule has 0 saturated heterocycles. The maximum Gasteiger partial charge on any atom is 0.306 e. The molecule has 0 bridgehead atoms. The van der Waals surface area contributed by atoms with E-state index in [1.165, 1.54) is 141 Å². The number of hydrogen-bond donors (Lipinski definition) is 0. The number of carboxylic acids is 1. The van der Waals surface area contributed by atoms with Gasteiger partial charge in [-0.2, -0.15) is 0 Å². The number of hydrogen-bond acceptors (Lipinski definition) is 8. The van der Waals surface area contributed by atoms with Crippen molar-refractivity contribution in [3.05, 3.63) is 12.2 Å². The van der Waals surface area contributed by atoms with Crippen molar-refractivity contribution in [3.8, 4) is 0 Å². The van der Waals surface area contributed by atoms with Gasteiger partial charge in [0.25, 0.3) is 0 Å². The fourth-order valence-corrected chi connectivity index (χ4v) is 6.41. The highest BCUT2D eigenvalue weighted by atomic mass is 16.7. The Morgan fingerprint density at radius 1 is 0.527 bits per heavy atom. The monoisotopic (exact) mass is 782 g/mol. The Morgan fingerprint density at radius 3 is 1.35 bits per heavy atom. The quantitative estimate of drug-likeness (QED) is 0.0198. The molecular weight excluding hydrogens is 695 g/mol. The Bertz CT molecular complexity index is 918. The zero-order chi connectivity index (χ0) is 40.7. The number of allylic oxidation sites excluding steroid dienone is 2. The van der Waals surface area contributed by atoms with E-state index in [1.54, 1.807) is 0 Å². The van der Waals surface area contributed by atoms with Crippen molar-refractivity contribution in [2.45, 2.75) is 219 Å². The number of rotatable bonds is 42. The Balaban J connectivity index is 4.20. The van der Waals surface area contributed by atoms with Gasteiger partial charge in [-0.15, -0.1) is 0 Å². The van der Waals surface area contributed by atoms with Crippen molar-refractivity contribution in [2.75, 3.05) is 47.5 Å². The molecule has 2 atom stereocenters. The van der Waals surface area contributed by atoms with Crippen LogP contribution in [0.3, 0.4) is 0 Å². The van der Waals surface area contributed by atoms with E-state index < -0.39 is 24.3 Å². The van der Waals surface area contributed by atoms with Crippen LogP contribution in [-0.2, 0) is 33.3 Å². The summed E-state index contributed by atoms with van der Waals surface area (Å²) < 4.78 is 22.5. The van der Waals surface area contributed by atoms with Gasteiger partial charge in [-0.3, -0.25) is 9.59 Å². The normalized spacial score (nSPS) is 13.0. The van der Waals surface area contributed by atoms with Crippen LogP contribution in [0.4, 0.5) is 0 Å². The van der Waals surface area contributed by atoms with Crippen LogP contribution in [0.1, 0.15) is 206 Å². The van der Waals surface area contributed by atoms with Gasteiger partial charge in [-0.05, 0) is 38.5 Å². The van der Waals surface area contributed by atoms with Crippen LogP contribution in [0.25, 0.3) is 0 Å². The van der Waals surface area contributed by atoms with Gasteiger partial charge < -0.3 is 33.3 Å². The van der Waals surface area contributed by atoms with Crippen LogP contribution in [0, 0.1) is 0 Å². The molecule has 0 radical (unpaired) electrons. The number of esters is 2. The van der Waals surface area contributed by atoms with E-state index in [1.807, 2.05) is 21.1 Å². The van der Waals surface area contributed by atoms with Crippen LogP contribution in [-0.4, -0.2) is 82.3 Å². The highest BCUT2D eigenvalue weighted by molar-refractivity contribution is 5.70. The molecule has 0 amide bonds. The van der Waals surface area contributed by atoms with E-state index in [-0.39, 0.29) is 32.2 Å². The summed E-state index contributed by atoms with van der Waals surface area (Å²) in [6, 6.07) is 0. The second kappa shape index (κ2) is 38.9. The van der Waals surface area contributed by atoms with Gasteiger partial charge in [0.15, 0.2) is 12.4 Å².